The van der Waals surface area contributed by atoms with Gasteiger partial charge in [-0.15, -0.1) is 12.5 Å². The van der Waals surface area contributed by atoms with Gasteiger partial charge >= 0.3 is 0 Å². The second kappa shape index (κ2) is 3.94. The molecule has 0 amide bonds. The van der Waals surface area contributed by atoms with Gasteiger partial charge in [0.15, 0.2) is 0 Å². The van der Waals surface area contributed by atoms with Crippen LogP contribution in [0.15, 0.2) is 28.9 Å². The zero-order chi connectivity index (χ0) is 7.40. The largest absolute Gasteiger partial charge is 0.285 e. The Morgan fingerprint density at radius 2 is 2.27 bits per heavy atom. The quantitative estimate of drug-likeness (QED) is 0.605. The Labute approximate surface area is 62.2 Å². The molecular formula is C9H12LrN-. The van der Waals surface area contributed by atoms with E-state index in [-0.39, 0.29) is 0 Å². The Bertz CT molecular complexity index is 192. The van der Waals surface area contributed by atoms with E-state index in [2.05, 4.69) is 24.1 Å². The third-order valence-electron chi connectivity index (χ3n) is 1.49. The van der Waals surface area contributed by atoms with Crippen molar-refractivity contribution in [2.45, 2.75) is 20.3 Å². The third-order valence-corrected chi connectivity index (χ3v) is 1.49. The van der Waals surface area contributed by atoms with Crippen LogP contribution in [0, 0.1) is 5.92 Å². The van der Waals surface area contributed by atoms with Crippen molar-refractivity contribution in [3.05, 3.63) is 29.8 Å². The summed E-state index contributed by atoms with van der Waals surface area (Å²) < 4.78 is 0. The van der Waals surface area contributed by atoms with Crippen LogP contribution in [0.5, 0.6) is 0 Å². The summed E-state index contributed by atoms with van der Waals surface area (Å²) in [6, 6.07) is 0. The molecule has 0 fully saturated rings. The fourth-order valence-electron chi connectivity index (χ4n) is 0.784. The van der Waals surface area contributed by atoms with Crippen molar-refractivity contribution >= 4 is 6.21 Å². The zero-order valence-electron chi connectivity index (χ0n) is 6.72. The zero-order valence-corrected chi connectivity index (χ0v) is 8.87. The summed E-state index contributed by atoms with van der Waals surface area (Å²) in [7, 11) is 0. The van der Waals surface area contributed by atoms with Crippen molar-refractivity contribution in [1.82, 2.24) is 0 Å². The van der Waals surface area contributed by atoms with Gasteiger partial charge in [-0.05, 0) is 6.42 Å². The molecule has 1 aliphatic heterocycles. The molecule has 0 aromatic carbocycles. The predicted octanol–water partition coefficient (Wildman–Crippen LogP) is 2.52. The summed E-state index contributed by atoms with van der Waals surface area (Å²) in [6.45, 7) is 4.18. The van der Waals surface area contributed by atoms with Crippen LogP contribution in [-0.4, -0.2) is 6.21 Å². The second-order valence-corrected chi connectivity index (χ2v) is 2.41. The van der Waals surface area contributed by atoms with Crippen molar-refractivity contribution < 1.29 is 0 Å². The van der Waals surface area contributed by atoms with Crippen molar-refractivity contribution in [2.24, 2.45) is 4.99 Å². The number of rotatable bonds is 1. The molecule has 0 atom stereocenters. The maximum atomic E-state index is 4.12. The van der Waals surface area contributed by atoms with Crippen LogP contribution in [0.3, 0.4) is 0 Å². The first-order valence-electron chi connectivity index (χ1n) is 3.57. The molecule has 1 heterocycles. The first-order chi connectivity index (χ1) is 4.83. The van der Waals surface area contributed by atoms with E-state index in [1.54, 1.807) is 0 Å². The minimum absolute atomic E-state index is 0. The molecule has 1 aliphatic rings. The number of allylic oxidation sites excluding steroid dienone is 3. The molecule has 0 saturated carbocycles. The normalized spacial score (nSPS) is 15.5. The molecule has 0 unspecified atom stereocenters. The molecule has 0 aromatic rings. The monoisotopic (exact) mass is 396 g/mol. The Morgan fingerprint density at radius 1 is 1.55 bits per heavy atom. The van der Waals surface area contributed by atoms with Crippen molar-refractivity contribution in [3.8, 4) is 0 Å². The summed E-state index contributed by atoms with van der Waals surface area (Å²) in [5, 5.41) is 0. The molecule has 69 valence electrons. The van der Waals surface area contributed by atoms with Crippen LogP contribution in [0.25, 0.3) is 0 Å². The maximum absolute atomic E-state index is 4.12. The molecule has 0 saturated heterocycles. The first kappa shape index (κ1) is 9.02. The van der Waals surface area contributed by atoms with Gasteiger partial charge in [0.1, 0.15) is 0 Å². The van der Waals surface area contributed by atoms with Gasteiger partial charge < -0.3 is 0 Å². The molecule has 11 heavy (non-hydrogen) atoms. The summed E-state index contributed by atoms with van der Waals surface area (Å²) >= 11 is 0. The molecule has 2 heteroatoms. The van der Waals surface area contributed by atoms with Crippen molar-refractivity contribution in [3.63, 3.8) is 0 Å². The molecule has 0 aromatic heterocycles. The Hall–Kier alpha value is -1.98. The van der Waals surface area contributed by atoms with Crippen LogP contribution in [-0.2, 0) is 0 Å². The molecular weight excluding hydrogens is 384 g/mol. The van der Waals surface area contributed by atoms with Crippen molar-refractivity contribution in [2.75, 3.05) is 0 Å². The smallest absolute Gasteiger partial charge is 0.0104 e. The second-order valence-electron chi connectivity index (χ2n) is 2.41. The van der Waals surface area contributed by atoms with Gasteiger partial charge in [0.2, 0.25) is 0 Å². The average Bonchev–Trinajstić information content (AvgIpc) is 2.14. The van der Waals surface area contributed by atoms with Crippen molar-refractivity contribution in [1.29, 1.82) is 0 Å². The number of hydrogen-bond donors (Lipinski definition) is 0. The van der Waals surface area contributed by atoms with Crippen LogP contribution in [0.4, 0.5) is 0 Å². The summed E-state index contributed by atoms with van der Waals surface area (Å²) in [4.78, 5) is 4.12. The van der Waals surface area contributed by atoms with Crippen LogP contribution in [0.1, 0.15) is 20.3 Å². The minimum atomic E-state index is 0. The van der Waals surface area contributed by atoms with E-state index in [0.717, 1.165) is 6.42 Å². The topological polar surface area (TPSA) is 12.4 Å². The molecule has 0 spiro atoms. The van der Waals surface area contributed by atoms with E-state index in [1.807, 2.05) is 19.3 Å². The van der Waals surface area contributed by atoms with Gasteiger partial charge in [0, 0.05) is 6.20 Å². The Morgan fingerprint density at radius 3 is 2.91 bits per heavy atom. The first-order valence-corrected chi connectivity index (χ1v) is 3.57. The average molecular weight is 396 g/mol. The van der Waals surface area contributed by atoms with E-state index in [1.165, 1.54) is 11.5 Å². The van der Waals surface area contributed by atoms with E-state index in [0.29, 0.717) is 0 Å². The maximum Gasteiger partial charge on any atom is 0.0104 e. The van der Waals surface area contributed by atoms with Crippen LogP contribution in [0.2, 0.25) is 0 Å². The summed E-state index contributed by atoms with van der Waals surface area (Å²) in [6.07, 6.45) is 9.04. The molecule has 0 bridgehead atoms. The minimum Gasteiger partial charge on any atom is -0.285 e. The molecule has 0 N–H and O–H groups in total. The van der Waals surface area contributed by atoms with Gasteiger partial charge in [-0.3, -0.25) is 4.99 Å². The van der Waals surface area contributed by atoms with Gasteiger partial charge in [0.25, 0.3) is 0 Å². The Balaban J connectivity index is 0.000001000. The number of aliphatic imine (C=N–C) groups is 1. The van der Waals surface area contributed by atoms with Gasteiger partial charge in [-0.1, -0.05) is 13.1 Å². The Kier molecular flexibility index (Phi) is 3.23. The fraction of sp³-hybridized carbons (Fsp3) is 0.333. The van der Waals surface area contributed by atoms with E-state index >= 15 is 0 Å². The molecule has 1 nitrogen and oxygen atoms in total. The molecule has 1 rings (SSSR count). The predicted molar refractivity (Wildman–Crippen MR) is 44.9 cm³/mol. The van der Waals surface area contributed by atoms with E-state index in [4.69, 9.17) is 0 Å². The van der Waals surface area contributed by atoms with Crippen LogP contribution < -0.4 is 0 Å². The summed E-state index contributed by atoms with van der Waals surface area (Å²) in [5.74, 6) is 1.21. The van der Waals surface area contributed by atoms with E-state index in [9.17, 15) is 0 Å². The van der Waals surface area contributed by atoms with E-state index < -0.39 is 0 Å². The third kappa shape index (κ3) is 2.39. The molecule has 1 radical (unpaired) electrons. The fourth-order valence-corrected chi connectivity index (χ4v) is 0.784. The molecule has 0 aliphatic carbocycles. The number of nitrogens with zero attached hydrogens (tertiary/aromatic N) is 1. The number of hydrogen-bond acceptors (Lipinski definition) is 1. The standard InChI is InChI=1S/C9H12N.Lr/c1-3-9-5-4-8(2)6-10-7-9;/h4-7H,3H2,1-2H3;/q-1;. The SMILES string of the molecule is CCC1=CN=C[C-](C)C=C1.[Lr]. The van der Waals surface area contributed by atoms with Gasteiger partial charge in [0.05, 0.1) is 0 Å². The van der Waals surface area contributed by atoms with Crippen LogP contribution >= 0.6 is 0 Å². The van der Waals surface area contributed by atoms with Gasteiger partial charge in [-0.2, -0.15) is 5.92 Å². The van der Waals surface area contributed by atoms with Gasteiger partial charge in [-0.25, -0.2) is 12.2 Å². The summed E-state index contributed by atoms with van der Waals surface area (Å²) in [5.41, 5.74) is 1.29.